The highest BCUT2D eigenvalue weighted by molar-refractivity contribution is 8.01. The molecule has 0 aromatic heterocycles. The normalized spacial score (nSPS) is 24.9. The Morgan fingerprint density at radius 2 is 2.13 bits per heavy atom. The molecule has 2 saturated heterocycles. The number of likely N-dealkylation sites (tertiary alicyclic amines) is 1. The van der Waals surface area contributed by atoms with Gasteiger partial charge in [-0.05, 0) is 5.92 Å². The Balaban J connectivity index is 1.95. The third-order valence-electron chi connectivity index (χ3n) is 3.21. The Hall–Kier alpha value is -0.220. The second-order valence-electron chi connectivity index (χ2n) is 5.01. The molecule has 1 amide bonds. The first kappa shape index (κ1) is 11.3. The summed E-state index contributed by atoms with van der Waals surface area (Å²) in [6, 6.07) is 0. The molecule has 2 rings (SSSR count). The molecule has 1 spiro atoms. The Kier molecular flexibility index (Phi) is 2.99. The zero-order valence-corrected chi connectivity index (χ0v) is 10.6. The van der Waals surface area contributed by atoms with Crippen LogP contribution in [0.25, 0.3) is 0 Å². The minimum absolute atomic E-state index is 0.220. The van der Waals surface area contributed by atoms with Crippen LogP contribution in [-0.4, -0.2) is 52.5 Å². The van der Waals surface area contributed by atoms with Crippen LogP contribution in [0.1, 0.15) is 20.8 Å². The molecule has 0 aromatic carbocycles. The second-order valence-corrected chi connectivity index (χ2v) is 6.47. The number of nitrogens with zero attached hydrogens (tertiary/aromatic N) is 2. The SMILES string of the molecule is CC(=O)N1CC2(C1)SCCN2CC(C)C. The molecule has 15 heavy (non-hydrogen) atoms. The van der Waals surface area contributed by atoms with Gasteiger partial charge in [0.2, 0.25) is 5.91 Å². The van der Waals surface area contributed by atoms with Crippen LogP contribution in [0, 0.1) is 5.92 Å². The standard InChI is InChI=1S/C11H20N2OS/c1-9(2)6-13-4-5-15-11(13)7-12(8-11)10(3)14/h9H,4-8H2,1-3H3. The number of hydrogen-bond acceptors (Lipinski definition) is 3. The van der Waals surface area contributed by atoms with Crippen LogP contribution in [0.5, 0.6) is 0 Å². The lowest BCUT2D eigenvalue weighted by atomic mass is 10.0. The lowest BCUT2D eigenvalue weighted by Crippen LogP contribution is -2.67. The van der Waals surface area contributed by atoms with Gasteiger partial charge in [-0.1, -0.05) is 13.8 Å². The van der Waals surface area contributed by atoms with Gasteiger partial charge in [0, 0.05) is 25.8 Å². The van der Waals surface area contributed by atoms with Crippen molar-refractivity contribution in [1.29, 1.82) is 0 Å². The molecule has 2 aliphatic rings. The summed E-state index contributed by atoms with van der Waals surface area (Å²) in [4.78, 5) is 16.0. The molecule has 2 fully saturated rings. The highest BCUT2D eigenvalue weighted by Gasteiger charge is 2.51. The lowest BCUT2D eigenvalue weighted by Gasteiger charge is -2.52. The van der Waals surface area contributed by atoms with Crippen molar-refractivity contribution in [2.75, 3.05) is 31.9 Å². The molecule has 0 atom stereocenters. The average molecular weight is 228 g/mol. The van der Waals surface area contributed by atoms with Crippen LogP contribution in [0.4, 0.5) is 0 Å². The first-order chi connectivity index (χ1) is 7.03. The van der Waals surface area contributed by atoms with Crippen LogP contribution < -0.4 is 0 Å². The second kappa shape index (κ2) is 3.98. The van der Waals surface area contributed by atoms with Crippen molar-refractivity contribution in [2.45, 2.75) is 25.6 Å². The van der Waals surface area contributed by atoms with Crippen LogP contribution in [0.3, 0.4) is 0 Å². The molecule has 86 valence electrons. The van der Waals surface area contributed by atoms with E-state index < -0.39 is 0 Å². The highest BCUT2D eigenvalue weighted by Crippen LogP contribution is 2.43. The molecular formula is C11H20N2OS. The zero-order valence-electron chi connectivity index (χ0n) is 9.82. The maximum absolute atomic E-state index is 11.2. The number of carbonyl (C=O) groups is 1. The minimum atomic E-state index is 0.220. The fourth-order valence-electron chi connectivity index (χ4n) is 2.40. The molecule has 0 saturated carbocycles. The van der Waals surface area contributed by atoms with Crippen molar-refractivity contribution in [3.63, 3.8) is 0 Å². The van der Waals surface area contributed by atoms with E-state index in [1.807, 2.05) is 16.7 Å². The Morgan fingerprint density at radius 3 is 2.67 bits per heavy atom. The fraction of sp³-hybridized carbons (Fsp3) is 0.909. The number of thioether (sulfide) groups is 1. The topological polar surface area (TPSA) is 23.6 Å². The fourth-order valence-corrected chi connectivity index (χ4v) is 3.94. The highest BCUT2D eigenvalue weighted by atomic mass is 32.2. The average Bonchev–Trinajstić information content (AvgIpc) is 2.43. The van der Waals surface area contributed by atoms with E-state index in [4.69, 9.17) is 0 Å². The maximum Gasteiger partial charge on any atom is 0.219 e. The summed E-state index contributed by atoms with van der Waals surface area (Å²) >= 11 is 2.03. The van der Waals surface area contributed by atoms with Crippen molar-refractivity contribution in [2.24, 2.45) is 5.92 Å². The molecule has 0 aromatic rings. The van der Waals surface area contributed by atoms with Crippen molar-refractivity contribution in [1.82, 2.24) is 9.80 Å². The molecule has 0 N–H and O–H groups in total. The van der Waals surface area contributed by atoms with Crippen LogP contribution in [-0.2, 0) is 4.79 Å². The summed E-state index contributed by atoms with van der Waals surface area (Å²) < 4.78 is 0. The summed E-state index contributed by atoms with van der Waals surface area (Å²) in [5, 5.41) is 0. The molecule has 2 aliphatic heterocycles. The van der Waals surface area contributed by atoms with E-state index in [-0.39, 0.29) is 10.8 Å². The van der Waals surface area contributed by atoms with Crippen LogP contribution in [0.2, 0.25) is 0 Å². The van der Waals surface area contributed by atoms with Crippen molar-refractivity contribution >= 4 is 17.7 Å². The molecule has 0 bridgehead atoms. The maximum atomic E-state index is 11.2. The van der Waals surface area contributed by atoms with E-state index in [0.29, 0.717) is 5.92 Å². The van der Waals surface area contributed by atoms with Gasteiger partial charge in [-0.2, -0.15) is 0 Å². The van der Waals surface area contributed by atoms with E-state index in [2.05, 4.69) is 18.7 Å². The summed E-state index contributed by atoms with van der Waals surface area (Å²) in [7, 11) is 0. The van der Waals surface area contributed by atoms with Gasteiger partial charge in [-0.3, -0.25) is 9.69 Å². The summed E-state index contributed by atoms with van der Waals surface area (Å²) in [5.41, 5.74) is 0. The minimum Gasteiger partial charge on any atom is -0.337 e. The smallest absolute Gasteiger partial charge is 0.219 e. The Labute approximate surface area is 96.2 Å². The molecular weight excluding hydrogens is 208 g/mol. The monoisotopic (exact) mass is 228 g/mol. The zero-order chi connectivity index (χ0) is 11.1. The third-order valence-corrected chi connectivity index (χ3v) is 4.66. The Bertz CT molecular complexity index is 261. The predicted octanol–water partition coefficient (Wildman–Crippen LogP) is 1.25. The van der Waals surface area contributed by atoms with Crippen LogP contribution >= 0.6 is 11.8 Å². The van der Waals surface area contributed by atoms with E-state index in [1.165, 1.54) is 18.8 Å². The molecule has 3 nitrogen and oxygen atoms in total. The summed E-state index contributed by atoms with van der Waals surface area (Å²) in [6.45, 7) is 10.4. The molecule has 0 radical (unpaired) electrons. The van der Waals surface area contributed by atoms with Gasteiger partial charge in [0.25, 0.3) is 0 Å². The number of hydrogen-bond donors (Lipinski definition) is 0. The van der Waals surface area contributed by atoms with Gasteiger partial charge in [-0.15, -0.1) is 11.8 Å². The van der Waals surface area contributed by atoms with E-state index in [1.54, 1.807) is 6.92 Å². The van der Waals surface area contributed by atoms with Gasteiger partial charge in [-0.25, -0.2) is 0 Å². The first-order valence-electron chi connectivity index (χ1n) is 5.68. The van der Waals surface area contributed by atoms with Gasteiger partial charge in [0.15, 0.2) is 0 Å². The van der Waals surface area contributed by atoms with E-state index in [9.17, 15) is 4.79 Å². The third kappa shape index (κ3) is 2.02. The van der Waals surface area contributed by atoms with Crippen molar-refractivity contribution < 1.29 is 4.79 Å². The lowest BCUT2D eigenvalue weighted by molar-refractivity contribution is -0.137. The quantitative estimate of drug-likeness (QED) is 0.710. The molecule has 2 heterocycles. The number of carbonyl (C=O) groups excluding carboxylic acids is 1. The molecule has 0 unspecified atom stereocenters. The van der Waals surface area contributed by atoms with E-state index >= 15 is 0 Å². The van der Waals surface area contributed by atoms with Gasteiger partial charge in [0.1, 0.15) is 4.87 Å². The van der Waals surface area contributed by atoms with Gasteiger partial charge in [0.05, 0.1) is 13.1 Å². The summed E-state index contributed by atoms with van der Waals surface area (Å²) in [6.07, 6.45) is 0. The van der Waals surface area contributed by atoms with Crippen molar-refractivity contribution in [3.05, 3.63) is 0 Å². The van der Waals surface area contributed by atoms with Gasteiger partial charge < -0.3 is 4.90 Å². The molecule has 0 aliphatic carbocycles. The Morgan fingerprint density at radius 1 is 1.47 bits per heavy atom. The van der Waals surface area contributed by atoms with Crippen LogP contribution in [0.15, 0.2) is 0 Å². The summed E-state index contributed by atoms with van der Waals surface area (Å²) in [5.74, 6) is 2.16. The predicted molar refractivity (Wildman–Crippen MR) is 63.9 cm³/mol. The largest absolute Gasteiger partial charge is 0.337 e. The van der Waals surface area contributed by atoms with Gasteiger partial charge >= 0.3 is 0 Å². The first-order valence-corrected chi connectivity index (χ1v) is 6.66. The van der Waals surface area contributed by atoms with Crippen molar-refractivity contribution in [3.8, 4) is 0 Å². The van der Waals surface area contributed by atoms with E-state index in [0.717, 1.165) is 13.1 Å². The molecule has 4 heteroatoms. The number of rotatable bonds is 2. The number of amides is 1.